The summed E-state index contributed by atoms with van der Waals surface area (Å²) in [4.78, 5) is 10.5. The summed E-state index contributed by atoms with van der Waals surface area (Å²) in [6.07, 6.45) is 10.0. The molecule has 0 aromatic rings. The van der Waals surface area contributed by atoms with Crippen LogP contribution in [0.25, 0.3) is 0 Å². The molecular weight excluding hydrogens is 436 g/mol. The first-order valence-electron chi connectivity index (χ1n) is 11.0. The average molecular weight is 488 g/mol. The van der Waals surface area contributed by atoms with Crippen molar-refractivity contribution >= 4 is 8.32 Å². The molecule has 0 saturated carbocycles. The van der Waals surface area contributed by atoms with Crippen LogP contribution in [0.2, 0.25) is 18.1 Å². The number of hydrogen-bond acceptors (Lipinski definition) is 4. The standard InChI is InChI=1S/C12H28OSi.3C3H8O.Zr/c1-4-7-10-14(13,11-8-5-2)12-9-6-3;3*1-2-3-4;/h13H,4-12H2,1-3H3;3*4H,2-3H2,1H3;. The van der Waals surface area contributed by atoms with E-state index in [1.165, 1.54) is 38.5 Å². The van der Waals surface area contributed by atoms with Crippen molar-refractivity contribution in [3.63, 3.8) is 0 Å². The molecule has 4 N–H and O–H groups in total. The van der Waals surface area contributed by atoms with E-state index in [4.69, 9.17) is 15.3 Å². The minimum atomic E-state index is -1.81. The predicted octanol–water partition coefficient (Wildman–Crippen LogP) is 5.49. The van der Waals surface area contributed by atoms with Gasteiger partial charge in [0.25, 0.3) is 0 Å². The van der Waals surface area contributed by atoms with Gasteiger partial charge in [-0.25, -0.2) is 0 Å². The van der Waals surface area contributed by atoms with Gasteiger partial charge in [0.05, 0.1) is 0 Å². The Bertz CT molecular complexity index is 173. The van der Waals surface area contributed by atoms with Crippen LogP contribution in [0.3, 0.4) is 0 Å². The smallest absolute Gasteiger partial charge is 0.188 e. The maximum Gasteiger partial charge on any atom is 0.188 e. The number of aliphatic hydroxyl groups excluding tert-OH is 3. The number of aliphatic hydroxyl groups is 3. The van der Waals surface area contributed by atoms with Crippen LogP contribution in [0.15, 0.2) is 0 Å². The first kappa shape index (κ1) is 38.5. The van der Waals surface area contributed by atoms with Crippen LogP contribution in [0.4, 0.5) is 0 Å². The van der Waals surface area contributed by atoms with E-state index >= 15 is 0 Å². The van der Waals surface area contributed by atoms with Gasteiger partial charge in [0.15, 0.2) is 8.32 Å². The van der Waals surface area contributed by atoms with Crippen molar-refractivity contribution < 1.29 is 46.3 Å². The molecule has 0 aliphatic carbocycles. The molecule has 0 aromatic heterocycles. The van der Waals surface area contributed by atoms with E-state index in [9.17, 15) is 4.80 Å². The minimum Gasteiger partial charge on any atom is -0.432 e. The third-order valence-corrected chi connectivity index (χ3v) is 7.51. The summed E-state index contributed by atoms with van der Waals surface area (Å²) in [5, 5.41) is 23.6. The van der Waals surface area contributed by atoms with E-state index in [0.717, 1.165) is 37.4 Å². The second-order valence-corrected chi connectivity index (χ2v) is 10.7. The molecule has 0 amide bonds. The predicted molar refractivity (Wildman–Crippen MR) is 119 cm³/mol. The minimum absolute atomic E-state index is 0. The summed E-state index contributed by atoms with van der Waals surface area (Å²) in [6, 6.07) is 3.43. The Balaban J connectivity index is -0.000000102. The molecule has 0 atom stereocenters. The Hall–Kier alpha value is 0.940. The Morgan fingerprint density at radius 1 is 0.481 bits per heavy atom. The third-order valence-electron chi connectivity index (χ3n) is 3.66. The molecule has 0 bridgehead atoms. The molecule has 0 spiro atoms. The van der Waals surface area contributed by atoms with Gasteiger partial charge in [-0.3, -0.25) is 0 Å². The van der Waals surface area contributed by atoms with Crippen molar-refractivity contribution in [2.24, 2.45) is 0 Å². The fourth-order valence-electron chi connectivity index (χ4n) is 1.89. The normalized spacial score (nSPS) is 9.56. The maximum atomic E-state index is 10.5. The van der Waals surface area contributed by atoms with Gasteiger partial charge >= 0.3 is 0 Å². The Kier molecular flexibility index (Phi) is 53.7. The second-order valence-electron chi connectivity index (χ2n) is 6.71. The molecule has 0 aliphatic rings. The fourth-order valence-corrected chi connectivity index (χ4v) is 5.68. The average Bonchev–Trinajstić information content (AvgIpc) is 2.69. The van der Waals surface area contributed by atoms with Crippen LogP contribution in [0.5, 0.6) is 0 Å². The van der Waals surface area contributed by atoms with Crippen LogP contribution in [0.1, 0.15) is 99.3 Å². The van der Waals surface area contributed by atoms with Gasteiger partial charge in [-0.15, -0.1) is 0 Å². The van der Waals surface area contributed by atoms with E-state index in [0.29, 0.717) is 19.8 Å². The molecule has 0 heterocycles. The summed E-state index contributed by atoms with van der Waals surface area (Å²) in [7, 11) is -1.81. The van der Waals surface area contributed by atoms with Crippen molar-refractivity contribution in [1.82, 2.24) is 0 Å². The SMILES string of the molecule is CCCC[Si](O)(CCCC)CCCC.CCCO.CCCO.CCCO.[Zr]. The monoisotopic (exact) mass is 486 g/mol. The van der Waals surface area contributed by atoms with Crippen LogP contribution in [-0.2, 0) is 26.2 Å². The summed E-state index contributed by atoms with van der Waals surface area (Å²) >= 11 is 0. The second kappa shape index (κ2) is 37.7. The van der Waals surface area contributed by atoms with Gasteiger partial charge in [-0.2, -0.15) is 0 Å². The summed E-state index contributed by atoms with van der Waals surface area (Å²) in [6.45, 7) is 13.4. The number of unbranched alkanes of at least 4 members (excludes halogenated alkanes) is 3. The third kappa shape index (κ3) is 46.7. The van der Waals surface area contributed by atoms with E-state index < -0.39 is 8.32 Å². The maximum absolute atomic E-state index is 10.5. The molecule has 0 aliphatic heterocycles. The van der Waals surface area contributed by atoms with Gasteiger partial charge < -0.3 is 20.1 Å². The van der Waals surface area contributed by atoms with Gasteiger partial charge in [-0.1, -0.05) is 80.1 Å². The zero-order valence-corrected chi connectivity index (χ0v) is 22.9. The molecule has 4 nitrogen and oxygen atoms in total. The van der Waals surface area contributed by atoms with Crippen LogP contribution < -0.4 is 0 Å². The molecule has 0 radical (unpaired) electrons. The molecule has 0 fully saturated rings. The van der Waals surface area contributed by atoms with Gasteiger partial charge in [0, 0.05) is 46.0 Å². The zero-order chi connectivity index (χ0) is 21.1. The van der Waals surface area contributed by atoms with Crippen molar-refractivity contribution in [3.8, 4) is 0 Å². The van der Waals surface area contributed by atoms with Gasteiger partial charge in [0.1, 0.15) is 0 Å². The Morgan fingerprint density at radius 3 is 0.778 bits per heavy atom. The van der Waals surface area contributed by atoms with Crippen molar-refractivity contribution in [2.45, 2.75) is 117 Å². The van der Waals surface area contributed by atoms with E-state index in [-0.39, 0.29) is 26.2 Å². The summed E-state index contributed by atoms with van der Waals surface area (Å²) < 4.78 is 0. The van der Waals surface area contributed by atoms with Gasteiger partial charge in [0.2, 0.25) is 0 Å². The van der Waals surface area contributed by atoms with Crippen LogP contribution in [0, 0.1) is 0 Å². The summed E-state index contributed by atoms with van der Waals surface area (Å²) in [5.74, 6) is 0. The first-order chi connectivity index (χ1) is 12.4. The van der Waals surface area contributed by atoms with Crippen LogP contribution >= 0.6 is 0 Å². The molecule has 168 valence electrons. The molecule has 0 unspecified atom stereocenters. The van der Waals surface area contributed by atoms with Gasteiger partial charge in [-0.05, 0) is 37.4 Å². The van der Waals surface area contributed by atoms with E-state index in [1.807, 2.05) is 20.8 Å². The largest absolute Gasteiger partial charge is 0.432 e. The summed E-state index contributed by atoms with van der Waals surface area (Å²) in [5.41, 5.74) is 0. The van der Waals surface area contributed by atoms with Crippen molar-refractivity contribution in [3.05, 3.63) is 0 Å². The molecule has 0 saturated heterocycles. The molecule has 6 heteroatoms. The Labute approximate surface area is 191 Å². The number of rotatable bonds is 12. The van der Waals surface area contributed by atoms with Crippen molar-refractivity contribution in [2.75, 3.05) is 19.8 Å². The van der Waals surface area contributed by atoms with Crippen LogP contribution in [-0.4, -0.2) is 48.3 Å². The number of hydrogen-bond donors (Lipinski definition) is 4. The molecule has 27 heavy (non-hydrogen) atoms. The van der Waals surface area contributed by atoms with Crippen molar-refractivity contribution in [1.29, 1.82) is 0 Å². The zero-order valence-electron chi connectivity index (χ0n) is 19.4. The first-order valence-corrected chi connectivity index (χ1v) is 13.5. The fraction of sp³-hybridized carbons (Fsp3) is 1.00. The topological polar surface area (TPSA) is 80.9 Å². The van der Waals surface area contributed by atoms with E-state index in [1.54, 1.807) is 0 Å². The van der Waals surface area contributed by atoms with E-state index in [2.05, 4.69) is 20.8 Å². The molecule has 0 rings (SSSR count). The quantitative estimate of drug-likeness (QED) is 0.274. The molecular formula is C21H52O4SiZr. The molecule has 0 aromatic carbocycles. The Morgan fingerprint density at radius 2 is 0.667 bits per heavy atom.